The minimum Gasteiger partial charge on any atom is -0.491 e. The van der Waals surface area contributed by atoms with Crippen LogP contribution >= 0.6 is 11.6 Å². The summed E-state index contributed by atoms with van der Waals surface area (Å²) in [6, 6.07) is 11.4. The number of urea groups is 2. The molecule has 5 amide bonds. The van der Waals surface area contributed by atoms with Gasteiger partial charge in [0.15, 0.2) is 0 Å². The Labute approximate surface area is 216 Å². The van der Waals surface area contributed by atoms with Crippen LogP contribution < -0.4 is 21.2 Å². The Morgan fingerprint density at radius 1 is 1.14 bits per heavy atom. The largest absolute Gasteiger partial charge is 0.491 e. The predicted octanol–water partition coefficient (Wildman–Crippen LogP) is 3.89. The van der Waals surface area contributed by atoms with E-state index in [0.29, 0.717) is 17.1 Å². The van der Waals surface area contributed by atoms with Crippen molar-refractivity contribution in [2.75, 3.05) is 18.9 Å². The summed E-state index contributed by atoms with van der Waals surface area (Å²) in [5.74, 6) is 6.82. The van der Waals surface area contributed by atoms with Crippen molar-refractivity contribution in [1.29, 1.82) is 0 Å². The number of anilines is 1. The molecule has 0 aromatic heterocycles. The first-order valence-electron chi connectivity index (χ1n) is 11.8. The third-order valence-corrected chi connectivity index (χ3v) is 5.90. The number of rotatable bonds is 10. The van der Waals surface area contributed by atoms with Gasteiger partial charge in [0.1, 0.15) is 5.75 Å². The molecule has 1 atom stereocenters. The van der Waals surface area contributed by atoms with E-state index in [1.165, 1.54) is 11.9 Å². The molecule has 1 heterocycles. The van der Waals surface area contributed by atoms with E-state index >= 15 is 0 Å². The van der Waals surface area contributed by atoms with Gasteiger partial charge in [-0.2, -0.15) is 0 Å². The summed E-state index contributed by atoms with van der Waals surface area (Å²) in [6.45, 7) is 6.05. The highest BCUT2D eigenvalue weighted by Gasteiger charge is 2.43. The number of amides is 5. The number of hydrogen-bond acceptors (Lipinski definition) is 6. The van der Waals surface area contributed by atoms with Gasteiger partial charge in [0.25, 0.3) is 0 Å². The van der Waals surface area contributed by atoms with Gasteiger partial charge in [0.2, 0.25) is 12.2 Å². The highest BCUT2D eigenvalue weighted by Crippen LogP contribution is 2.27. The Hall–Kier alpha value is -3.50. The molecule has 1 aliphatic rings. The average molecular weight is 517 g/mol. The zero-order valence-electron chi connectivity index (χ0n) is 21.0. The Balaban J connectivity index is 1.87. The molecule has 36 heavy (non-hydrogen) atoms. The number of nitrogens with zero attached hydrogens (tertiary/aromatic N) is 3. The summed E-state index contributed by atoms with van der Waals surface area (Å²) in [5, 5.41) is 7.31. The summed E-state index contributed by atoms with van der Waals surface area (Å²) in [6.07, 6.45) is -0.429. The molecule has 1 unspecified atom stereocenters. The van der Waals surface area contributed by atoms with Gasteiger partial charge in [-0.1, -0.05) is 23.7 Å². The van der Waals surface area contributed by atoms with E-state index in [2.05, 4.69) is 10.6 Å². The number of nitrogens with one attached hydrogen (secondary N) is 2. The Bertz CT molecular complexity index is 1090. The molecule has 0 saturated carbocycles. The molecule has 0 radical (unpaired) electrons. The van der Waals surface area contributed by atoms with Crippen molar-refractivity contribution in [2.45, 2.75) is 52.6 Å². The fourth-order valence-electron chi connectivity index (χ4n) is 3.81. The van der Waals surface area contributed by atoms with Crippen molar-refractivity contribution in [1.82, 2.24) is 20.1 Å². The highest BCUT2D eigenvalue weighted by molar-refractivity contribution is 6.30. The SMILES string of the molecule is CNC(=O)CCCN1C(=O)N(N)C(Nc2ccc(OC(C)C)c(C)c2)N(Cc2ccc(Cl)cc2)C1=O. The van der Waals surface area contributed by atoms with Gasteiger partial charge >= 0.3 is 12.1 Å². The van der Waals surface area contributed by atoms with Crippen LogP contribution in [-0.2, 0) is 11.3 Å². The van der Waals surface area contributed by atoms with Gasteiger partial charge in [0, 0.05) is 30.7 Å². The first-order chi connectivity index (χ1) is 17.1. The zero-order chi connectivity index (χ0) is 26.4. The number of hydrogen-bond donors (Lipinski definition) is 3. The molecule has 1 fully saturated rings. The summed E-state index contributed by atoms with van der Waals surface area (Å²) in [5.41, 5.74) is 2.37. The van der Waals surface area contributed by atoms with E-state index in [1.807, 2.05) is 51.1 Å². The molecule has 0 aliphatic carbocycles. The lowest BCUT2D eigenvalue weighted by Crippen LogP contribution is -2.70. The Kier molecular flexibility index (Phi) is 9.00. The lowest BCUT2D eigenvalue weighted by atomic mass is 10.2. The molecule has 1 saturated heterocycles. The van der Waals surface area contributed by atoms with E-state index in [-0.39, 0.29) is 31.5 Å². The number of hydrazine groups is 1. The minimum absolute atomic E-state index is 0.0277. The molecule has 1 aliphatic heterocycles. The molecule has 2 aromatic carbocycles. The molecule has 194 valence electrons. The molecule has 4 N–H and O–H groups in total. The van der Waals surface area contributed by atoms with Gasteiger partial charge in [-0.15, -0.1) is 0 Å². The number of benzene rings is 2. The average Bonchev–Trinajstić information content (AvgIpc) is 2.84. The summed E-state index contributed by atoms with van der Waals surface area (Å²) in [4.78, 5) is 40.7. The smallest absolute Gasteiger partial charge is 0.345 e. The van der Waals surface area contributed by atoms with E-state index in [0.717, 1.165) is 26.8 Å². The molecule has 11 heteroatoms. The summed E-state index contributed by atoms with van der Waals surface area (Å²) >= 11 is 6.02. The second kappa shape index (κ2) is 12.0. The van der Waals surface area contributed by atoms with Gasteiger partial charge in [-0.05, 0) is 68.7 Å². The second-order valence-electron chi connectivity index (χ2n) is 8.82. The molecular formula is C25H33ClN6O4. The van der Waals surface area contributed by atoms with Gasteiger partial charge in [-0.3, -0.25) is 9.69 Å². The topological polar surface area (TPSA) is 120 Å². The van der Waals surface area contributed by atoms with Crippen LogP contribution in [0.2, 0.25) is 5.02 Å². The van der Waals surface area contributed by atoms with E-state index in [4.69, 9.17) is 22.2 Å². The summed E-state index contributed by atoms with van der Waals surface area (Å²) in [7, 11) is 1.54. The third kappa shape index (κ3) is 6.58. The quantitative estimate of drug-likeness (QED) is 0.325. The van der Waals surface area contributed by atoms with Gasteiger partial charge < -0.3 is 15.4 Å². The summed E-state index contributed by atoms with van der Waals surface area (Å²) < 4.78 is 5.80. The zero-order valence-corrected chi connectivity index (χ0v) is 21.7. The van der Waals surface area contributed by atoms with E-state index in [9.17, 15) is 14.4 Å². The van der Waals surface area contributed by atoms with Crippen LogP contribution in [0, 0.1) is 6.92 Å². The van der Waals surface area contributed by atoms with Crippen LogP contribution in [0.1, 0.15) is 37.8 Å². The lowest BCUT2D eigenvalue weighted by molar-refractivity contribution is -0.120. The second-order valence-corrected chi connectivity index (χ2v) is 9.26. The number of imide groups is 1. The maximum Gasteiger partial charge on any atom is 0.345 e. The van der Waals surface area contributed by atoms with Crippen molar-refractivity contribution in [2.24, 2.45) is 5.84 Å². The first-order valence-corrected chi connectivity index (χ1v) is 12.1. The Morgan fingerprint density at radius 2 is 1.83 bits per heavy atom. The van der Waals surface area contributed by atoms with Crippen LogP contribution in [0.3, 0.4) is 0 Å². The normalized spacial score (nSPS) is 16.0. The number of halogens is 1. The highest BCUT2D eigenvalue weighted by atomic mass is 35.5. The predicted molar refractivity (Wildman–Crippen MR) is 138 cm³/mol. The monoisotopic (exact) mass is 516 g/mol. The van der Waals surface area contributed by atoms with Crippen LogP contribution in [0.4, 0.5) is 15.3 Å². The van der Waals surface area contributed by atoms with Crippen molar-refractivity contribution in [3.05, 3.63) is 58.6 Å². The van der Waals surface area contributed by atoms with Crippen LogP contribution in [-0.4, -0.2) is 58.8 Å². The van der Waals surface area contributed by atoms with E-state index in [1.54, 1.807) is 12.1 Å². The molecule has 0 spiro atoms. The number of carbonyl (C=O) groups excluding carboxylic acids is 3. The maximum absolute atomic E-state index is 13.5. The van der Waals surface area contributed by atoms with Crippen LogP contribution in [0.5, 0.6) is 5.75 Å². The van der Waals surface area contributed by atoms with E-state index < -0.39 is 18.4 Å². The van der Waals surface area contributed by atoms with Gasteiger partial charge in [-0.25, -0.2) is 25.3 Å². The molecule has 2 aromatic rings. The van der Waals surface area contributed by atoms with Gasteiger partial charge in [0.05, 0.1) is 12.6 Å². The number of carbonyl (C=O) groups is 3. The number of nitrogens with two attached hydrogens (primary N) is 1. The molecular weight excluding hydrogens is 484 g/mol. The number of aryl methyl sites for hydroxylation is 1. The maximum atomic E-state index is 13.5. The van der Waals surface area contributed by atoms with Crippen LogP contribution in [0.25, 0.3) is 0 Å². The molecule has 0 bridgehead atoms. The molecule has 10 nitrogen and oxygen atoms in total. The third-order valence-electron chi connectivity index (χ3n) is 5.65. The molecule has 3 rings (SSSR count). The first kappa shape index (κ1) is 27.1. The fraction of sp³-hybridized carbons (Fsp3) is 0.400. The van der Waals surface area contributed by atoms with Crippen molar-refractivity contribution < 1.29 is 19.1 Å². The number of ether oxygens (including phenoxy) is 1. The van der Waals surface area contributed by atoms with Crippen molar-refractivity contribution >= 4 is 35.3 Å². The fourth-order valence-corrected chi connectivity index (χ4v) is 3.94. The van der Waals surface area contributed by atoms with Crippen molar-refractivity contribution in [3.8, 4) is 5.75 Å². The van der Waals surface area contributed by atoms with Crippen LogP contribution in [0.15, 0.2) is 42.5 Å². The standard InChI is InChI=1S/C25H33ClN6O4/c1-16(2)36-21-12-11-20(14-17(21)3)29-23-31(15-18-7-9-19(26)10-8-18)24(34)30(25(35)32(23)27)13-5-6-22(33)28-4/h7-12,14,16,23,29H,5-6,13,15,27H2,1-4H3,(H,28,33). The van der Waals surface area contributed by atoms with Crippen molar-refractivity contribution in [3.63, 3.8) is 0 Å². The Morgan fingerprint density at radius 3 is 2.44 bits per heavy atom. The minimum atomic E-state index is -0.952. The lowest BCUT2D eigenvalue weighted by Gasteiger charge is -2.45.